The van der Waals surface area contributed by atoms with Crippen LogP contribution >= 0.6 is 0 Å². The molecule has 4 atom stereocenters. The fraction of sp³-hybridized carbons (Fsp3) is 1.00. The van der Waals surface area contributed by atoms with Gasteiger partial charge in [0.1, 0.15) is 0 Å². The predicted molar refractivity (Wildman–Crippen MR) is 47.2 cm³/mol. The molecule has 64 valence electrons. The first-order valence-electron chi connectivity index (χ1n) is 5.01. The van der Waals surface area contributed by atoms with Crippen molar-refractivity contribution >= 4 is 0 Å². The second kappa shape index (κ2) is 2.78. The number of nitrogens with two attached hydrogens (primary N) is 1. The van der Waals surface area contributed by atoms with E-state index in [1.54, 1.807) is 0 Å². The van der Waals surface area contributed by atoms with Crippen LogP contribution in [0.25, 0.3) is 0 Å². The summed E-state index contributed by atoms with van der Waals surface area (Å²) in [6.45, 7) is 2.14. The van der Waals surface area contributed by atoms with Crippen LogP contribution in [0.15, 0.2) is 0 Å². The van der Waals surface area contributed by atoms with E-state index in [1.807, 2.05) is 0 Å². The van der Waals surface area contributed by atoms with Crippen LogP contribution in [0.2, 0.25) is 0 Å². The van der Waals surface area contributed by atoms with Crippen molar-refractivity contribution in [2.45, 2.75) is 45.1 Å². The molecule has 0 aromatic carbocycles. The van der Waals surface area contributed by atoms with Crippen molar-refractivity contribution in [1.82, 2.24) is 0 Å². The molecule has 2 rings (SSSR count). The van der Waals surface area contributed by atoms with Crippen LogP contribution in [-0.4, -0.2) is 6.04 Å². The zero-order chi connectivity index (χ0) is 7.84. The van der Waals surface area contributed by atoms with Crippen molar-refractivity contribution in [3.05, 3.63) is 0 Å². The van der Waals surface area contributed by atoms with Gasteiger partial charge >= 0.3 is 0 Å². The Bertz CT molecular complexity index is 142. The molecular formula is C10H19N. The Labute approximate surface area is 69.4 Å². The molecule has 4 unspecified atom stereocenters. The van der Waals surface area contributed by atoms with Crippen LogP contribution in [0.4, 0.5) is 0 Å². The van der Waals surface area contributed by atoms with Gasteiger partial charge in [-0.25, -0.2) is 0 Å². The van der Waals surface area contributed by atoms with Gasteiger partial charge in [0.15, 0.2) is 0 Å². The van der Waals surface area contributed by atoms with Gasteiger partial charge in [-0.3, -0.25) is 0 Å². The SMILES string of the molecule is CC(N)CC1CC2CCC1C2. The van der Waals surface area contributed by atoms with Gasteiger partial charge in [-0.1, -0.05) is 6.42 Å². The van der Waals surface area contributed by atoms with Crippen molar-refractivity contribution in [3.63, 3.8) is 0 Å². The molecule has 0 heterocycles. The summed E-state index contributed by atoms with van der Waals surface area (Å²) in [5, 5.41) is 0. The molecule has 0 radical (unpaired) electrons. The van der Waals surface area contributed by atoms with Gasteiger partial charge in [-0.15, -0.1) is 0 Å². The van der Waals surface area contributed by atoms with Crippen LogP contribution in [-0.2, 0) is 0 Å². The van der Waals surface area contributed by atoms with Crippen molar-refractivity contribution < 1.29 is 0 Å². The highest BCUT2D eigenvalue weighted by Gasteiger charge is 2.39. The summed E-state index contributed by atoms with van der Waals surface area (Å²) in [5.41, 5.74) is 5.80. The van der Waals surface area contributed by atoms with Gasteiger partial charge in [0, 0.05) is 6.04 Å². The standard InChI is InChI=1S/C10H19N/c1-7(11)4-10-6-8-2-3-9(10)5-8/h7-10H,2-6,11H2,1H3. The molecule has 0 spiro atoms. The average Bonchev–Trinajstić information content (AvgIpc) is 2.45. The van der Waals surface area contributed by atoms with Gasteiger partial charge in [0.05, 0.1) is 0 Å². The molecule has 2 saturated carbocycles. The Morgan fingerprint density at radius 1 is 1.36 bits per heavy atom. The van der Waals surface area contributed by atoms with Crippen LogP contribution < -0.4 is 5.73 Å². The normalized spacial score (nSPS) is 44.7. The van der Waals surface area contributed by atoms with Crippen LogP contribution in [0.5, 0.6) is 0 Å². The fourth-order valence-electron chi connectivity index (χ4n) is 3.14. The zero-order valence-corrected chi connectivity index (χ0v) is 7.42. The topological polar surface area (TPSA) is 26.0 Å². The molecule has 11 heavy (non-hydrogen) atoms. The number of hydrogen-bond acceptors (Lipinski definition) is 1. The minimum Gasteiger partial charge on any atom is -0.328 e. The molecule has 0 aliphatic heterocycles. The summed E-state index contributed by atoms with van der Waals surface area (Å²) in [5.74, 6) is 3.14. The quantitative estimate of drug-likeness (QED) is 0.646. The maximum Gasteiger partial charge on any atom is 0.00132 e. The van der Waals surface area contributed by atoms with Gasteiger partial charge < -0.3 is 5.73 Å². The largest absolute Gasteiger partial charge is 0.328 e. The van der Waals surface area contributed by atoms with Gasteiger partial charge in [-0.05, 0) is 50.4 Å². The number of hydrogen-bond donors (Lipinski definition) is 1. The third kappa shape index (κ3) is 1.44. The first-order valence-corrected chi connectivity index (χ1v) is 5.01. The Balaban J connectivity index is 1.87. The van der Waals surface area contributed by atoms with Crippen molar-refractivity contribution in [1.29, 1.82) is 0 Å². The van der Waals surface area contributed by atoms with Crippen LogP contribution in [0.3, 0.4) is 0 Å². The number of fused-ring (bicyclic) bond motifs is 2. The monoisotopic (exact) mass is 153 g/mol. The zero-order valence-electron chi connectivity index (χ0n) is 7.42. The molecule has 2 aliphatic carbocycles. The fourth-order valence-corrected chi connectivity index (χ4v) is 3.14. The van der Waals surface area contributed by atoms with E-state index in [0.717, 1.165) is 17.8 Å². The molecule has 0 aromatic heterocycles. The van der Waals surface area contributed by atoms with Crippen molar-refractivity contribution in [2.75, 3.05) is 0 Å². The molecular weight excluding hydrogens is 134 g/mol. The highest BCUT2D eigenvalue weighted by Crippen LogP contribution is 2.49. The Morgan fingerprint density at radius 3 is 2.64 bits per heavy atom. The molecule has 1 nitrogen and oxygen atoms in total. The van der Waals surface area contributed by atoms with E-state index in [4.69, 9.17) is 5.73 Å². The molecule has 1 heteroatoms. The summed E-state index contributed by atoms with van der Waals surface area (Å²) in [4.78, 5) is 0. The van der Waals surface area contributed by atoms with E-state index in [2.05, 4.69) is 6.92 Å². The Kier molecular flexibility index (Phi) is 1.92. The first-order chi connectivity index (χ1) is 5.25. The molecule has 0 saturated heterocycles. The maximum absolute atomic E-state index is 5.80. The highest BCUT2D eigenvalue weighted by atomic mass is 14.6. The summed E-state index contributed by atoms with van der Waals surface area (Å²) >= 11 is 0. The molecule has 2 bridgehead atoms. The van der Waals surface area contributed by atoms with E-state index in [0.29, 0.717) is 6.04 Å². The lowest BCUT2D eigenvalue weighted by molar-refractivity contribution is 0.299. The summed E-state index contributed by atoms with van der Waals surface area (Å²) in [6, 6.07) is 0.430. The minimum absolute atomic E-state index is 0.430. The van der Waals surface area contributed by atoms with Gasteiger partial charge in [-0.2, -0.15) is 0 Å². The van der Waals surface area contributed by atoms with Crippen LogP contribution in [0, 0.1) is 17.8 Å². The Hall–Kier alpha value is -0.0400. The molecule has 0 amide bonds. The predicted octanol–water partition coefficient (Wildman–Crippen LogP) is 2.16. The van der Waals surface area contributed by atoms with Crippen molar-refractivity contribution in [2.24, 2.45) is 23.5 Å². The smallest absolute Gasteiger partial charge is 0.00132 e. The lowest BCUT2D eigenvalue weighted by Gasteiger charge is -2.22. The molecule has 2 aliphatic rings. The minimum atomic E-state index is 0.430. The Morgan fingerprint density at radius 2 is 2.18 bits per heavy atom. The highest BCUT2D eigenvalue weighted by molar-refractivity contribution is 4.90. The van der Waals surface area contributed by atoms with E-state index < -0.39 is 0 Å². The molecule has 0 aromatic rings. The van der Waals surface area contributed by atoms with E-state index in [-0.39, 0.29) is 0 Å². The summed E-state index contributed by atoms with van der Waals surface area (Å²) in [6.07, 6.45) is 7.31. The second-order valence-corrected chi connectivity index (χ2v) is 4.65. The molecule has 2 N–H and O–H groups in total. The third-order valence-corrected chi connectivity index (χ3v) is 3.56. The molecule has 2 fully saturated rings. The van der Waals surface area contributed by atoms with E-state index in [9.17, 15) is 0 Å². The number of rotatable bonds is 2. The van der Waals surface area contributed by atoms with E-state index in [1.165, 1.54) is 32.1 Å². The lowest BCUT2D eigenvalue weighted by atomic mass is 9.85. The lowest BCUT2D eigenvalue weighted by Crippen LogP contribution is -2.22. The van der Waals surface area contributed by atoms with Crippen LogP contribution in [0.1, 0.15) is 39.0 Å². The van der Waals surface area contributed by atoms with Crippen molar-refractivity contribution in [3.8, 4) is 0 Å². The van der Waals surface area contributed by atoms with Gasteiger partial charge in [0.25, 0.3) is 0 Å². The summed E-state index contributed by atoms with van der Waals surface area (Å²) < 4.78 is 0. The summed E-state index contributed by atoms with van der Waals surface area (Å²) in [7, 11) is 0. The van der Waals surface area contributed by atoms with Gasteiger partial charge in [0.2, 0.25) is 0 Å². The first kappa shape index (κ1) is 7.60. The third-order valence-electron chi connectivity index (χ3n) is 3.56. The maximum atomic E-state index is 5.80. The second-order valence-electron chi connectivity index (χ2n) is 4.65. The van der Waals surface area contributed by atoms with E-state index >= 15 is 0 Å². The average molecular weight is 153 g/mol.